The molecular weight excluding hydrogens is 690 g/mol. The van der Waals surface area contributed by atoms with Gasteiger partial charge in [-0.1, -0.05) is 28.1 Å². The molecule has 0 radical (unpaired) electrons. The molecule has 1 atom stereocenters. The summed E-state index contributed by atoms with van der Waals surface area (Å²) in [5.74, 6) is -1.75. The molecule has 1 aliphatic heterocycles. The van der Waals surface area contributed by atoms with Crippen LogP contribution in [0.5, 0.6) is 5.75 Å². The minimum Gasteiger partial charge on any atom is -0.487 e. The first kappa shape index (κ1) is 35.7. The number of nitrogens with zero attached hydrogens (tertiary/aromatic N) is 1. The number of fused-ring (bicyclic) bond motifs is 1. The Hall–Kier alpha value is -4.17. The van der Waals surface area contributed by atoms with Gasteiger partial charge in [-0.05, 0) is 112 Å². The first-order valence-corrected chi connectivity index (χ1v) is 17.4. The van der Waals surface area contributed by atoms with Gasteiger partial charge in [0, 0.05) is 23.1 Å². The Kier molecular flexibility index (Phi) is 10.9. The molecule has 252 valence electrons. The smallest absolute Gasteiger partial charge is 0.326 e. The molecule has 12 nitrogen and oxygen atoms in total. The molecule has 1 amide bonds. The maximum atomic E-state index is 13.4. The van der Waals surface area contributed by atoms with Crippen LogP contribution in [0, 0.1) is 20.8 Å². The van der Waals surface area contributed by atoms with E-state index in [9.17, 15) is 27.9 Å². The Morgan fingerprint density at radius 1 is 1.11 bits per heavy atom. The predicted molar refractivity (Wildman–Crippen MR) is 183 cm³/mol. The number of hydrogen-bond donors (Lipinski definition) is 5. The summed E-state index contributed by atoms with van der Waals surface area (Å²) in [5, 5.41) is 12.1. The third-order valence-corrected chi connectivity index (χ3v) is 10.4. The molecule has 0 unspecified atom stereocenters. The highest BCUT2D eigenvalue weighted by Gasteiger charge is 2.33. The van der Waals surface area contributed by atoms with Gasteiger partial charge >= 0.3 is 5.97 Å². The predicted octanol–water partition coefficient (Wildman–Crippen LogP) is 4.01. The quantitative estimate of drug-likeness (QED) is 0.111. The number of H-pyrrole nitrogens is 1. The molecule has 4 rings (SSSR count). The number of aliphatic carboxylic acids is 1. The van der Waals surface area contributed by atoms with E-state index in [0.29, 0.717) is 29.7 Å². The van der Waals surface area contributed by atoms with Gasteiger partial charge in [0.25, 0.3) is 21.5 Å². The SMILES string of the molecule is Cc1c(C)c(S(=O)(=O)NC(N)=NCCC[C@H](NC(=O)c2ccc(Cc3ccc(Br)cc3)[nH]c2=O)C(=O)O)c(C)c2c1OC(C)(C)CC2. The molecular formula is C33H40BrN5O7S. The number of aromatic nitrogens is 1. The number of sulfonamides is 1. The number of benzene rings is 2. The molecule has 2 heterocycles. The number of hydrogen-bond acceptors (Lipinski definition) is 7. The highest BCUT2D eigenvalue weighted by Crippen LogP contribution is 2.42. The first-order valence-electron chi connectivity index (χ1n) is 15.1. The Morgan fingerprint density at radius 2 is 1.79 bits per heavy atom. The molecule has 1 aliphatic rings. The molecule has 14 heteroatoms. The van der Waals surface area contributed by atoms with E-state index in [-0.39, 0.29) is 41.4 Å². The molecule has 0 fully saturated rings. The first-order chi connectivity index (χ1) is 22.0. The second-order valence-corrected chi connectivity index (χ2v) is 14.8. The zero-order valence-electron chi connectivity index (χ0n) is 27.0. The van der Waals surface area contributed by atoms with Crippen molar-refractivity contribution in [3.05, 3.63) is 90.3 Å². The lowest BCUT2D eigenvalue weighted by atomic mass is 9.88. The standard InChI is InChI=1S/C33H40BrN5O7S/c1-18-19(2)28(20(3)24-14-15-33(4,5)46-27(18)24)47(44,45)39-32(35)36-16-6-7-26(31(42)43)38-30(41)25-13-12-23(37-29(25)40)17-21-8-10-22(34)11-9-21/h8-13,26H,6-7,14-17H2,1-5H3,(H,37,40)(H,38,41)(H,42,43)(H3,35,36,39)/t26-/m0/s1. The van der Waals surface area contributed by atoms with Crippen LogP contribution in [0.15, 0.2) is 55.6 Å². The monoisotopic (exact) mass is 729 g/mol. The van der Waals surface area contributed by atoms with E-state index in [2.05, 4.69) is 35.9 Å². The Labute approximate surface area is 282 Å². The van der Waals surface area contributed by atoms with Crippen LogP contribution in [-0.4, -0.2) is 54.5 Å². The van der Waals surface area contributed by atoms with Gasteiger partial charge in [-0.25, -0.2) is 17.9 Å². The van der Waals surface area contributed by atoms with Crippen LogP contribution >= 0.6 is 15.9 Å². The molecule has 3 aromatic rings. The van der Waals surface area contributed by atoms with Crippen molar-refractivity contribution in [3.8, 4) is 5.75 Å². The van der Waals surface area contributed by atoms with Crippen LogP contribution < -0.4 is 26.1 Å². The third kappa shape index (κ3) is 8.60. The van der Waals surface area contributed by atoms with Crippen LogP contribution in [0.3, 0.4) is 0 Å². The van der Waals surface area contributed by atoms with Crippen LogP contribution in [0.1, 0.15) is 77.0 Å². The molecule has 0 bridgehead atoms. The third-order valence-electron chi connectivity index (χ3n) is 8.23. The summed E-state index contributed by atoms with van der Waals surface area (Å²) in [6.45, 7) is 9.30. The number of ether oxygens (including phenoxy) is 1. The number of carboxylic acid groups (broad SMARTS) is 1. The van der Waals surface area contributed by atoms with E-state index in [1.165, 1.54) is 6.07 Å². The summed E-state index contributed by atoms with van der Waals surface area (Å²) in [5.41, 5.74) is 9.03. The molecule has 0 aliphatic carbocycles. The number of nitrogens with one attached hydrogen (secondary N) is 3. The van der Waals surface area contributed by atoms with E-state index in [1.54, 1.807) is 19.9 Å². The summed E-state index contributed by atoms with van der Waals surface area (Å²) in [7, 11) is -4.09. The van der Waals surface area contributed by atoms with E-state index < -0.39 is 33.5 Å². The van der Waals surface area contributed by atoms with Crippen LogP contribution in [0.2, 0.25) is 0 Å². The molecule has 0 saturated heterocycles. The number of halogens is 1. The zero-order valence-corrected chi connectivity index (χ0v) is 29.4. The van der Waals surface area contributed by atoms with Gasteiger partial charge in [0.2, 0.25) is 5.96 Å². The highest BCUT2D eigenvalue weighted by atomic mass is 79.9. The normalized spacial score (nSPS) is 14.9. The highest BCUT2D eigenvalue weighted by molar-refractivity contribution is 9.10. The van der Waals surface area contributed by atoms with Crippen molar-refractivity contribution in [1.29, 1.82) is 0 Å². The second kappa shape index (κ2) is 14.3. The van der Waals surface area contributed by atoms with Crippen molar-refractivity contribution in [1.82, 2.24) is 15.0 Å². The summed E-state index contributed by atoms with van der Waals surface area (Å²) < 4.78 is 36.3. The average molecular weight is 731 g/mol. The number of carbonyl (C=O) groups is 2. The van der Waals surface area contributed by atoms with Gasteiger partial charge in [0.05, 0.1) is 4.90 Å². The average Bonchev–Trinajstić information content (AvgIpc) is 2.97. The number of nitrogens with two attached hydrogens (primary N) is 1. The number of pyridine rings is 1. The number of aromatic amines is 1. The number of aliphatic imine (C=N–C) groups is 1. The van der Waals surface area contributed by atoms with E-state index in [0.717, 1.165) is 33.3 Å². The van der Waals surface area contributed by atoms with Gasteiger partial charge in [-0.3, -0.25) is 14.6 Å². The number of guanidine groups is 1. The van der Waals surface area contributed by atoms with Crippen molar-refractivity contribution in [2.75, 3.05) is 6.54 Å². The molecule has 1 aromatic heterocycles. The van der Waals surface area contributed by atoms with E-state index >= 15 is 0 Å². The van der Waals surface area contributed by atoms with Crippen molar-refractivity contribution >= 4 is 43.8 Å². The number of carbonyl (C=O) groups excluding carboxylic acids is 1. The van der Waals surface area contributed by atoms with Gasteiger partial charge in [-0.15, -0.1) is 0 Å². The molecule has 0 saturated carbocycles. The molecule has 6 N–H and O–H groups in total. The molecule has 47 heavy (non-hydrogen) atoms. The fraction of sp³-hybridized carbons (Fsp3) is 0.394. The van der Waals surface area contributed by atoms with Gasteiger partial charge in [0.1, 0.15) is 23.0 Å². The maximum absolute atomic E-state index is 13.4. The summed E-state index contributed by atoms with van der Waals surface area (Å²) in [6, 6.07) is 9.23. The molecule has 2 aromatic carbocycles. The van der Waals surface area contributed by atoms with Gasteiger partial charge in [-0.2, -0.15) is 0 Å². The Morgan fingerprint density at radius 3 is 2.43 bits per heavy atom. The Bertz CT molecular complexity index is 1890. The van der Waals surface area contributed by atoms with Crippen molar-refractivity contribution in [2.24, 2.45) is 10.7 Å². The number of amides is 1. The maximum Gasteiger partial charge on any atom is 0.326 e. The lowest BCUT2D eigenvalue weighted by Gasteiger charge is -2.35. The van der Waals surface area contributed by atoms with E-state index in [1.807, 2.05) is 45.0 Å². The minimum absolute atomic E-state index is 0.0105. The van der Waals surface area contributed by atoms with Gasteiger partial charge < -0.3 is 25.9 Å². The number of rotatable bonds is 11. The summed E-state index contributed by atoms with van der Waals surface area (Å²) in [4.78, 5) is 44.2. The largest absolute Gasteiger partial charge is 0.487 e. The number of carboxylic acids is 1. The summed E-state index contributed by atoms with van der Waals surface area (Å²) in [6.07, 6.45) is 1.98. The van der Waals surface area contributed by atoms with Crippen LogP contribution in [0.4, 0.5) is 0 Å². The van der Waals surface area contributed by atoms with Crippen molar-refractivity contribution in [2.45, 2.75) is 83.3 Å². The second-order valence-electron chi connectivity index (χ2n) is 12.3. The fourth-order valence-corrected chi connectivity index (χ4v) is 7.37. The van der Waals surface area contributed by atoms with Crippen LogP contribution in [0.25, 0.3) is 0 Å². The van der Waals surface area contributed by atoms with E-state index in [4.69, 9.17) is 10.5 Å². The Balaban J connectivity index is 1.36. The van der Waals surface area contributed by atoms with Gasteiger partial charge in [0.15, 0.2) is 0 Å². The fourth-order valence-electron chi connectivity index (χ4n) is 5.58. The zero-order chi connectivity index (χ0) is 34.7. The van der Waals surface area contributed by atoms with Crippen LogP contribution in [-0.2, 0) is 27.7 Å². The lowest BCUT2D eigenvalue weighted by Crippen LogP contribution is -2.42. The van der Waals surface area contributed by atoms with Crippen molar-refractivity contribution in [3.63, 3.8) is 0 Å². The minimum atomic E-state index is -4.09. The lowest BCUT2D eigenvalue weighted by molar-refractivity contribution is -0.139. The topological polar surface area (TPSA) is 193 Å². The summed E-state index contributed by atoms with van der Waals surface area (Å²) >= 11 is 3.38. The van der Waals surface area contributed by atoms with Crippen molar-refractivity contribution < 1.29 is 27.9 Å². The molecule has 0 spiro atoms.